The summed E-state index contributed by atoms with van der Waals surface area (Å²) in [6, 6.07) is 16.2. The van der Waals surface area contributed by atoms with Gasteiger partial charge in [-0.3, -0.25) is 9.59 Å². The van der Waals surface area contributed by atoms with Crippen LogP contribution in [0.4, 0.5) is 0 Å². The predicted octanol–water partition coefficient (Wildman–Crippen LogP) is 5.21. The van der Waals surface area contributed by atoms with Crippen LogP contribution < -0.4 is 5.32 Å². The van der Waals surface area contributed by atoms with E-state index in [4.69, 9.17) is 0 Å². The van der Waals surface area contributed by atoms with Crippen LogP contribution in [0, 0.1) is 6.92 Å². The topological polar surface area (TPSA) is 49.4 Å². The number of aryl methyl sites for hydroxylation is 3. The molecule has 2 aromatic rings. The van der Waals surface area contributed by atoms with E-state index in [1.807, 2.05) is 32.0 Å². The van der Waals surface area contributed by atoms with Crippen LogP contribution in [0.3, 0.4) is 0 Å². The lowest BCUT2D eigenvalue weighted by Gasteiger charge is -2.31. The van der Waals surface area contributed by atoms with Crippen LogP contribution in [0.1, 0.15) is 68.7 Å². The Morgan fingerprint density at radius 2 is 1.68 bits per heavy atom. The fraction of sp³-hybridized carbons (Fsp3) is 0.481. The van der Waals surface area contributed by atoms with Crippen LogP contribution in [0.2, 0.25) is 0 Å². The summed E-state index contributed by atoms with van der Waals surface area (Å²) in [5.41, 5.74) is 4.66. The van der Waals surface area contributed by atoms with Gasteiger partial charge in [0.05, 0.1) is 0 Å². The summed E-state index contributed by atoms with van der Waals surface area (Å²) in [6.07, 6.45) is 4.66. The maximum absolute atomic E-state index is 13.3. The first-order chi connectivity index (χ1) is 15.0. The second-order valence-corrected chi connectivity index (χ2v) is 8.25. The molecule has 1 atom stereocenters. The Kier molecular flexibility index (Phi) is 10.3. The highest BCUT2D eigenvalue weighted by Crippen LogP contribution is 2.16. The van der Waals surface area contributed by atoms with Crippen molar-refractivity contribution in [3.05, 3.63) is 70.8 Å². The first kappa shape index (κ1) is 24.6. The number of benzene rings is 2. The lowest BCUT2D eigenvalue weighted by atomic mass is 10.0. The van der Waals surface area contributed by atoms with Crippen molar-refractivity contribution in [3.8, 4) is 0 Å². The van der Waals surface area contributed by atoms with E-state index in [0.29, 0.717) is 32.4 Å². The van der Waals surface area contributed by atoms with Gasteiger partial charge in [0.2, 0.25) is 11.8 Å². The van der Waals surface area contributed by atoms with Crippen LogP contribution in [-0.4, -0.2) is 29.3 Å². The highest BCUT2D eigenvalue weighted by atomic mass is 16.2. The van der Waals surface area contributed by atoms with Crippen molar-refractivity contribution in [2.45, 2.75) is 78.8 Å². The zero-order valence-corrected chi connectivity index (χ0v) is 19.6. The van der Waals surface area contributed by atoms with Gasteiger partial charge in [-0.25, -0.2) is 0 Å². The van der Waals surface area contributed by atoms with Gasteiger partial charge in [0.15, 0.2) is 0 Å². The van der Waals surface area contributed by atoms with E-state index >= 15 is 0 Å². The van der Waals surface area contributed by atoms with Gasteiger partial charge < -0.3 is 10.2 Å². The molecule has 0 fully saturated rings. The van der Waals surface area contributed by atoms with Crippen molar-refractivity contribution in [2.24, 2.45) is 0 Å². The standard InChI is InChI=1S/C27H38N2O2/c1-5-8-18-28-27(31)25(7-3)29(20-24-11-9-10-21(4)19-24)26(30)17-16-23-14-12-22(6-2)13-15-23/h9-15,19,25H,5-8,16-18,20H2,1-4H3,(H,28,31)/t25-/m0/s1. The number of hydrogen-bond acceptors (Lipinski definition) is 2. The van der Waals surface area contributed by atoms with Gasteiger partial charge in [0.25, 0.3) is 0 Å². The smallest absolute Gasteiger partial charge is 0.242 e. The molecule has 0 bridgehead atoms. The molecule has 0 spiro atoms. The van der Waals surface area contributed by atoms with Gasteiger partial charge in [-0.2, -0.15) is 0 Å². The fourth-order valence-corrected chi connectivity index (χ4v) is 3.77. The number of rotatable bonds is 12. The number of unbranched alkanes of at least 4 members (excludes halogenated alkanes) is 1. The summed E-state index contributed by atoms with van der Waals surface area (Å²) >= 11 is 0. The fourth-order valence-electron chi connectivity index (χ4n) is 3.77. The molecule has 168 valence electrons. The molecule has 0 saturated heterocycles. The first-order valence-electron chi connectivity index (χ1n) is 11.7. The first-order valence-corrected chi connectivity index (χ1v) is 11.7. The SMILES string of the molecule is CCCCNC(=O)[C@H](CC)N(Cc1cccc(C)c1)C(=O)CCc1ccc(CC)cc1. The van der Waals surface area contributed by atoms with E-state index < -0.39 is 6.04 Å². The third-order valence-corrected chi connectivity index (χ3v) is 5.71. The lowest BCUT2D eigenvalue weighted by Crippen LogP contribution is -2.49. The Morgan fingerprint density at radius 1 is 0.968 bits per heavy atom. The summed E-state index contributed by atoms with van der Waals surface area (Å²) in [5, 5.41) is 3.02. The molecule has 2 amide bonds. The monoisotopic (exact) mass is 422 g/mol. The predicted molar refractivity (Wildman–Crippen MR) is 128 cm³/mol. The Labute approximate surface area is 188 Å². The van der Waals surface area contributed by atoms with Gasteiger partial charge in [0.1, 0.15) is 6.04 Å². The average Bonchev–Trinajstić information content (AvgIpc) is 2.78. The van der Waals surface area contributed by atoms with Gasteiger partial charge in [-0.05, 0) is 49.3 Å². The Morgan fingerprint density at radius 3 is 2.29 bits per heavy atom. The molecule has 0 unspecified atom stereocenters. The second-order valence-electron chi connectivity index (χ2n) is 8.25. The van der Waals surface area contributed by atoms with Gasteiger partial charge in [0, 0.05) is 19.5 Å². The Bertz CT molecular complexity index is 829. The van der Waals surface area contributed by atoms with Crippen LogP contribution >= 0.6 is 0 Å². The number of carbonyl (C=O) groups excluding carboxylic acids is 2. The average molecular weight is 423 g/mol. The lowest BCUT2D eigenvalue weighted by molar-refractivity contribution is -0.141. The van der Waals surface area contributed by atoms with E-state index in [0.717, 1.165) is 36.0 Å². The van der Waals surface area contributed by atoms with E-state index in [-0.39, 0.29) is 11.8 Å². The third kappa shape index (κ3) is 7.86. The number of nitrogens with one attached hydrogen (secondary N) is 1. The molecular weight excluding hydrogens is 384 g/mol. The molecular formula is C27H38N2O2. The third-order valence-electron chi connectivity index (χ3n) is 5.71. The van der Waals surface area contributed by atoms with E-state index in [2.05, 4.69) is 49.5 Å². The molecule has 4 nitrogen and oxygen atoms in total. The maximum atomic E-state index is 13.3. The zero-order chi connectivity index (χ0) is 22.6. The molecule has 1 N–H and O–H groups in total. The Hall–Kier alpha value is -2.62. The van der Waals surface area contributed by atoms with E-state index in [1.165, 1.54) is 5.56 Å². The molecule has 2 aromatic carbocycles. The van der Waals surface area contributed by atoms with Crippen LogP contribution in [0.15, 0.2) is 48.5 Å². The van der Waals surface area contributed by atoms with Crippen molar-refractivity contribution in [2.75, 3.05) is 6.54 Å². The highest BCUT2D eigenvalue weighted by Gasteiger charge is 2.28. The van der Waals surface area contributed by atoms with E-state index in [9.17, 15) is 9.59 Å². The van der Waals surface area contributed by atoms with Crippen molar-refractivity contribution in [1.29, 1.82) is 0 Å². The maximum Gasteiger partial charge on any atom is 0.242 e. The summed E-state index contributed by atoms with van der Waals surface area (Å²) < 4.78 is 0. The summed E-state index contributed by atoms with van der Waals surface area (Å²) in [4.78, 5) is 28.0. The molecule has 0 radical (unpaired) electrons. The largest absolute Gasteiger partial charge is 0.354 e. The quantitative estimate of drug-likeness (QED) is 0.477. The summed E-state index contributed by atoms with van der Waals surface area (Å²) in [6.45, 7) is 9.37. The molecule has 0 aromatic heterocycles. The number of carbonyl (C=O) groups is 2. The molecule has 0 aliphatic carbocycles. The van der Waals surface area contributed by atoms with Crippen LogP contribution in [-0.2, 0) is 29.0 Å². The summed E-state index contributed by atoms with van der Waals surface area (Å²) in [7, 11) is 0. The molecule has 0 aliphatic rings. The Balaban J connectivity index is 2.15. The van der Waals surface area contributed by atoms with Crippen molar-refractivity contribution in [3.63, 3.8) is 0 Å². The molecule has 31 heavy (non-hydrogen) atoms. The van der Waals surface area contributed by atoms with Gasteiger partial charge in [-0.1, -0.05) is 81.3 Å². The van der Waals surface area contributed by atoms with Gasteiger partial charge in [-0.15, -0.1) is 0 Å². The minimum absolute atomic E-state index is 0.0264. The summed E-state index contributed by atoms with van der Waals surface area (Å²) in [5.74, 6) is -0.0252. The number of hydrogen-bond donors (Lipinski definition) is 1. The van der Waals surface area contributed by atoms with Crippen LogP contribution in [0.25, 0.3) is 0 Å². The van der Waals surface area contributed by atoms with Crippen molar-refractivity contribution >= 4 is 11.8 Å². The molecule has 2 rings (SSSR count). The molecule has 0 heterocycles. The number of nitrogens with zero attached hydrogens (tertiary/aromatic N) is 1. The van der Waals surface area contributed by atoms with E-state index in [1.54, 1.807) is 4.90 Å². The number of amides is 2. The molecule has 4 heteroatoms. The highest BCUT2D eigenvalue weighted by molar-refractivity contribution is 5.87. The molecule has 0 saturated carbocycles. The minimum atomic E-state index is -0.452. The normalized spacial score (nSPS) is 11.7. The zero-order valence-electron chi connectivity index (χ0n) is 19.6. The van der Waals surface area contributed by atoms with Crippen molar-refractivity contribution in [1.82, 2.24) is 10.2 Å². The minimum Gasteiger partial charge on any atom is -0.354 e. The molecule has 0 aliphatic heterocycles. The van der Waals surface area contributed by atoms with Gasteiger partial charge >= 0.3 is 0 Å². The van der Waals surface area contributed by atoms with Crippen LogP contribution in [0.5, 0.6) is 0 Å². The van der Waals surface area contributed by atoms with Crippen molar-refractivity contribution < 1.29 is 9.59 Å². The second kappa shape index (κ2) is 12.9.